The number of benzene rings is 1. The third kappa shape index (κ3) is 38.6. The molecule has 0 heterocycles. The van der Waals surface area contributed by atoms with Gasteiger partial charge in [0.25, 0.3) is 0 Å². The summed E-state index contributed by atoms with van der Waals surface area (Å²) < 4.78 is 71.4. The quantitative estimate of drug-likeness (QED) is 0.0813. The highest BCUT2D eigenvalue weighted by atomic mass is 16.6. The maximum absolute atomic E-state index is 5.78. The van der Waals surface area contributed by atoms with Gasteiger partial charge in [-0.2, -0.15) is 0 Å². The third-order valence-corrected chi connectivity index (χ3v) is 7.53. The van der Waals surface area contributed by atoms with Crippen molar-refractivity contribution in [1.29, 1.82) is 0 Å². The molecule has 1 aromatic rings. The molecule has 1 aromatic carbocycles. The van der Waals surface area contributed by atoms with Crippen molar-refractivity contribution >= 4 is 0 Å². The van der Waals surface area contributed by atoms with Crippen molar-refractivity contribution in [2.24, 2.45) is 0 Å². The average Bonchev–Trinajstić information content (AvgIpc) is 3.18. The first-order valence-electron chi connectivity index (χ1n) is 20.0. The van der Waals surface area contributed by atoms with Crippen LogP contribution in [0.15, 0.2) is 24.3 Å². The van der Waals surface area contributed by atoms with Gasteiger partial charge in [-0.05, 0) is 37.5 Å². The predicted octanol–water partition coefficient (Wildman–Crippen LogP) is 5.19. The lowest BCUT2D eigenvalue weighted by Crippen LogP contribution is -2.15. The minimum Gasteiger partial charge on any atom is -0.491 e. The second-order valence-corrected chi connectivity index (χ2v) is 11.9. The smallest absolute Gasteiger partial charge is 0.119 e. The molecule has 1 rings (SSSR count). The van der Waals surface area contributed by atoms with Crippen LogP contribution in [-0.2, 0) is 63.3 Å². The molecule has 0 saturated carbocycles. The van der Waals surface area contributed by atoms with Gasteiger partial charge in [0, 0.05) is 6.61 Å². The number of unbranched alkanes of at least 4 members (excludes halogenated alkanes) is 5. The Balaban J connectivity index is 1.67. The first kappa shape index (κ1) is 49.6. The van der Waals surface area contributed by atoms with Crippen molar-refractivity contribution in [3.8, 4) is 5.75 Å². The van der Waals surface area contributed by atoms with Crippen molar-refractivity contribution in [2.45, 2.75) is 58.8 Å². The van der Waals surface area contributed by atoms with Crippen LogP contribution in [0.25, 0.3) is 0 Å². The van der Waals surface area contributed by atoms with Crippen molar-refractivity contribution < 1.29 is 61.6 Å². The number of hydrogen-bond acceptors (Lipinski definition) is 13. The van der Waals surface area contributed by atoms with E-state index in [9.17, 15) is 0 Å². The normalized spacial score (nSPS) is 11.5. The molecule has 0 bridgehead atoms. The SMILES string of the molecule is CCCCCCCCc1ccc(OCCOCCOCCOCCOCCOCCOCCOCCOCCOCCOCCOCCOCC)cc1. The van der Waals surface area contributed by atoms with E-state index in [4.69, 9.17) is 61.6 Å². The summed E-state index contributed by atoms with van der Waals surface area (Å²) in [4.78, 5) is 0. The number of aryl methyl sites for hydroxylation is 1. The molecular weight excluding hydrogens is 688 g/mol. The van der Waals surface area contributed by atoms with Crippen LogP contribution in [0.5, 0.6) is 5.75 Å². The summed E-state index contributed by atoms with van der Waals surface area (Å²) in [6, 6.07) is 8.44. The second-order valence-electron chi connectivity index (χ2n) is 11.9. The Labute approximate surface area is 320 Å². The Morgan fingerprint density at radius 3 is 0.906 bits per heavy atom. The molecule has 0 amide bonds. The Morgan fingerprint density at radius 2 is 0.585 bits per heavy atom. The van der Waals surface area contributed by atoms with E-state index in [0.29, 0.717) is 165 Å². The molecule has 13 nitrogen and oxygen atoms in total. The highest BCUT2D eigenvalue weighted by Crippen LogP contribution is 2.15. The fourth-order valence-electron chi connectivity index (χ4n) is 4.64. The lowest BCUT2D eigenvalue weighted by Gasteiger charge is -2.09. The zero-order valence-corrected chi connectivity index (χ0v) is 33.2. The maximum Gasteiger partial charge on any atom is 0.119 e. The molecule has 0 aliphatic carbocycles. The van der Waals surface area contributed by atoms with E-state index < -0.39 is 0 Å². The third-order valence-electron chi connectivity index (χ3n) is 7.53. The van der Waals surface area contributed by atoms with Crippen LogP contribution in [0.2, 0.25) is 0 Å². The van der Waals surface area contributed by atoms with E-state index in [2.05, 4.69) is 31.2 Å². The summed E-state index contributed by atoms with van der Waals surface area (Å²) in [5.74, 6) is 0.885. The second kappa shape index (κ2) is 43.3. The summed E-state index contributed by atoms with van der Waals surface area (Å²) in [5, 5.41) is 0. The molecule has 0 aliphatic rings. The molecule has 0 N–H and O–H groups in total. The molecule has 0 fully saturated rings. The zero-order valence-electron chi connectivity index (χ0n) is 33.2. The molecule has 0 unspecified atom stereocenters. The predicted molar refractivity (Wildman–Crippen MR) is 205 cm³/mol. The van der Waals surface area contributed by atoms with Crippen LogP contribution >= 0.6 is 0 Å². The van der Waals surface area contributed by atoms with Gasteiger partial charge >= 0.3 is 0 Å². The summed E-state index contributed by atoms with van der Waals surface area (Å²) >= 11 is 0. The average molecular weight is 763 g/mol. The van der Waals surface area contributed by atoms with Gasteiger partial charge in [-0.15, -0.1) is 0 Å². The molecule has 53 heavy (non-hydrogen) atoms. The fraction of sp³-hybridized carbons (Fsp3) is 0.850. The van der Waals surface area contributed by atoms with Gasteiger partial charge in [-0.1, -0.05) is 51.2 Å². The van der Waals surface area contributed by atoms with Gasteiger partial charge in [0.05, 0.1) is 152 Å². The van der Waals surface area contributed by atoms with Crippen molar-refractivity contribution in [1.82, 2.24) is 0 Å². The van der Waals surface area contributed by atoms with Gasteiger partial charge in [-0.25, -0.2) is 0 Å². The van der Waals surface area contributed by atoms with Gasteiger partial charge in [-0.3, -0.25) is 0 Å². The molecule has 0 saturated heterocycles. The highest BCUT2D eigenvalue weighted by molar-refractivity contribution is 5.27. The van der Waals surface area contributed by atoms with Crippen molar-refractivity contribution in [3.05, 3.63) is 29.8 Å². The monoisotopic (exact) mass is 763 g/mol. The van der Waals surface area contributed by atoms with Crippen LogP contribution < -0.4 is 4.74 Å². The van der Waals surface area contributed by atoms with Gasteiger partial charge in [0.2, 0.25) is 0 Å². The first-order chi connectivity index (χ1) is 26.4. The van der Waals surface area contributed by atoms with E-state index in [0.717, 1.165) is 12.2 Å². The number of ether oxygens (including phenoxy) is 13. The van der Waals surface area contributed by atoms with Gasteiger partial charge in [0.15, 0.2) is 0 Å². The summed E-state index contributed by atoms with van der Waals surface area (Å²) in [6.45, 7) is 17.7. The molecule has 0 aromatic heterocycles. The largest absolute Gasteiger partial charge is 0.491 e. The Bertz CT molecular complexity index is 818. The topological polar surface area (TPSA) is 120 Å². The Morgan fingerprint density at radius 1 is 0.302 bits per heavy atom. The van der Waals surface area contributed by atoms with Gasteiger partial charge < -0.3 is 61.6 Å². The first-order valence-corrected chi connectivity index (χ1v) is 20.0. The van der Waals surface area contributed by atoms with Crippen LogP contribution in [-0.4, -0.2) is 165 Å². The van der Waals surface area contributed by atoms with Crippen molar-refractivity contribution in [3.63, 3.8) is 0 Å². The fourth-order valence-corrected chi connectivity index (χ4v) is 4.64. The van der Waals surface area contributed by atoms with Crippen LogP contribution in [0.1, 0.15) is 57.9 Å². The lowest BCUT2D eigenvalue weighted by molar-refractivity contribution is -0.0284. The van der Waals surface area contributed by atoms with E-state index in [1.165, 1.54) is 44.1 Å². The van der Waals surface area contributed by atoms with Crippen LogP contribution in [0.3, 0.4) is 0 Å². The Hall–Kier alpha value is -1.46. The molecular formula is C40H74O13. The van der Waals surface area contributed by atoms with E-state index in [1.807, 2.05) is 6.92 Å². The molecule has 312 valence electrons. The summed E-state index contributed by atoms with van der Waals surface area (Å²) in [6.07, 6.45) is 9.09. The van der Waals surface area contributed by atoms with E-state index >= 15 is 0 Å². The molecule has 0 spiro atoms. The lowest BCUT2D eigenvalue weighted by atomic mass is 10.0. The molecule has 0 aliphatic heterocycles. The molecule has 13 heteroatoms. The van der Waals surface area contributed by atoms with Crippen LogP contribution in [0, 0.1) is 0 Å². The minimum absolute atomic E-state index is 0.511. The van der Waals surface area contributed by atoms with E-state index in [-0.39, 0.29) is 0 Å². The molecule has 0 radical (unpaired) electrons. The standard InChI is InChI=1S/C40H74O13/c1-3-5-6-7-8-9-10-39-11-13-40(14-12-39)53-38-37-52-36-35-51-34-33-50-32-31-49-30-29-48-28-27-47-26-25-46-24-23-45-22-21-44-20-19-43-18-17-42-16-15-41-4-2/h11-14H,3-10,15-38H2,1-2H3. The maximum atomic E-state index is 5.78. The highest BCUT2D eigenvalue weighted by Gasteiger charge is 1.99. The van der Waals surface area contributed by atoms with E-state index in [1.54, 1.807) is 0 Å². The minimum atomic E-state index is 0.511. The Kier molecular flexibility index (Phi) is 40.5. The number of rotatable bonds is 45. The summed E-state index contributed by atoms with van der Waals surface area (Å²) in [5.41, 5.74) is 1.38. The molecule has 0 atom stereocenters. The van der Waals surface area contributed by atoms with Gasteiger partial charge in [0.1, 0.15) is 12.4 Å². The summed E-state index contributed by atoms with van der Waals surface area (Å²) in [7, 11) is 0. The van der Waals surface area contributed by atoms with Crippen LogP contribution in [0.4, 0.5) is 0 Å². The number of hydrogen-bond donors (Lipinski definition) is 0. The van der Waals surface area contributed by atoms with Crippen molar-refractivity contribution in [2.75, 3.05) is 165 Å². The zero-order chi connectivity index (χ0) is 37.8.